The van der Waals surface area contributed by atoms with Crippen LogP contribution in [0.1, 0.15) is 58.8 Å². The van der Waals surface area contributed by atoms with E-state index in [1.807, 2.05) is 6.92 Å². The first kappa shape index (κ1) is 14.5. The molecule has 1 heterocycles. The van der Waals surface area contributed by atoms with Gasteiger partial charge in [0.05, 0.1) is 12.6 Å². The third-order valence-electron chi connectivity index (χ3n) is 3.50. The SMILES string of the molecule is CCCCCCCCC(C1=NCCN1)C(C)O. The smallest absolute Gasteiger partial charge is 0.102 e. The maximum Gasteiger partial charge on any atom is 0.102 e. The van der Waals surface area contributed by atoms with Crippen molar-refractivity contribution in [3.63, 3.8) is 0 Å². The summed E-state index contributed by atoms with van der Waals surface area (Å²) in [4.78, 5) is 4.43. The number of nitrogens with one attached hydrogen (secondary N) is 1. The fourth-order valence-corrected chi connectivity index (χ4v) is 2.42. The van der Waals surface area contributed by atoms with Crippen molar-refractivity contribution < 1.29 is 5.11 Å². The Morgan fingerprint density at radius 1 is 1.24 bits per heavy atom. The maximum absolute atomic E-state index is 9.79. The normalized spacial score (nSPS) is 18.6. The lowest BCUT2D eigenvalue weighted by atomic mass is 9.94. The van der Waals surface area contributed by atoms with Crippen molar-refractivity contribution in [1.82, 2.24) is 5.32 Å². The van der Waals surface area contributed by atoms with Crippen LogP contribution in [-0.2, 0) is 0 Å². The number of nitrogens with zero attached hydrogens (tertiary/aromatic N) is 1. The number of unbranched alkanes of at least 4 members (excludes halogenated alkanes) is 5. The second-order valence-corrected chi connectivity index (χ2v) is 5.10. The maximum atomic E-state index is 9.79. The molecule has 0 radical (unpaired) electrons. The molecule has 0 fully saturated rings. The van der Waals surface area contributed by atoms with E-state index in [9.17, 15) is 5.11 Å². The first-order valence-corrected chi connectivity index (χ1v) is 7.22. The van der Waals surface area contributed by atoms with Gasteiger partial charge in [0.1, 0.15) is 5.84 Å². The molecule has 3 heteroatoms. The summed E-state index contributed by atoms with van der Waals surface area (Å²) < 4.78 is 0. The van der Waals surface area contributed by atoms with Crippen LogP contribution in [0.4, 0.5) is 0 Å². The Kier molecular flexibility index (Phi) is 7.25. The van der Waals surface area contributed by atoms with Gasteiger partial charge in [0, 0.05) is 12.5 Å². The molecule has 1 rings (SSSR count). The van der Waals surface area contributed by atoms with Crippen molar-refractivity contribution in [2.24, 2.45) is 10.9 Å². The number of amidine groups is 1. The second-order valence-electron chi connectivity index (χ2n) is 5.10. The predicted molar refractivity (Wildman–Crippen MR) is 73.5 cm³/mol. The molecule has 2 unspecified atom stereocenters. The van der Waals surface area contributed by atoms with Crippen LogP contribution in [0.15, 0.2) is 4.99 Å². The molecule has 2 atom stereocenters. The molecule has 1 aliphatic heterocycles. The van der Waals surface area contributed by atoms with Gasteiger partial charge in [-0.2, -0.15) is 0 Å². The van der Waals surface area contributed by atoms with Gasteiger partial charge in [-0.3, -0.25) is 4.99 Å². The Bertz CT molecular complexity index is 226. The lowest BCUT2D eigenvalue weighted by Gasteiger charge is -2.20. The zero-order valence-electron chi connectivity index (χ0n) is 11.4. The van der Waals surface area contributed by atoms with Crippen molar-refractivity contribution in [2.75, 3.05) is 13.1 Å². The molecule has 100 valence electrons. The average molecular weight is 240 g/mol. The molecule has 0 aromatic rings. The summed E-state index contributed by atoms with van der Waals surface area (Å²) in [7, 11) is 0. The lowest BCUT2D eigenvalue weighted by molar-refractivity contribution is 0.150. The van der Waals surface area contributed by atoms with Gasteiger partial charge in [0.15, 0.2) is 0 Å². The fraction of sp³-hybridized carbons (Fsp3) is 0.929. The van der Waals surface area contributed by atoms with E-state index in [0.717, 1.165) is 25.3 Å². The second kappa shape index (κ2) is 8.51. The van der Waals surface area contributed by atoms with Crippen molar-refractivity contribution in [3.8, 4) is 0 Å². The highest BCUT2D eigenvalue weighted by Gasteiger charge is 2.22. The van der Waals surface area contributed by atoms with Crippen LogP contribution < -0.4 is 5.32 Å². The Labute approximate surface area is 106 Å². The molecule has 1 aliphatic rings. The molecule has 0 aromatic heterocycles. The molecule has 2 N–H and O–H groups in total. The number of hydrogen-bond acceptors (Lipinski definition) is 3. The van der Waals surface area contributed by atoms with E-state index in [1.54, 1.807) is 0 Å². The van der Waals surface area contributed by atoms with E-state index in [0.29, 0.717) is 0 Å². The van der Waals surface area contributed by atoms with E-state index >= 15 is 0 Å². The third-order valence-corrected chi connectivity index (χ3v) is 3.50. The van der Waals surface area contributed by atoms with E-state index in [2.05, 4.69) is 17.2 Å². The summed E-state index contributed by atoms with van der Waals surface area (Å²) in [6.07, 6.45) is 8.63. The van der Waals surface area contributed by atoms with E-state index in [4.69, 9.17) is 0 Å². The molecule has 0 aliphatic carbocycles. The summed E-state index contributed by atoms with van der Waals surface area (Å²) in [5, 5.41) is 13.1. The van der Waals surface area contributed by atoms with Crippen molar-refractivity contribution in [1.29, 1.82) is 0 Å². The lowest BCUT2D eigenvalue weighted by Crippen LogP contribution is -2.33. The highest BCUT2D eigenvalue weighted by molar-refractivity contribution is 5.86. The molecule has 0 aromatic carbocycles. The van der Waals surface area contributed by atoms with Gasteiger partial charge in [-0.25, -0.2) is 0 Å². The third kappa shape index (κ3) is 5.53. The minimum Gasteiger partial charge on any atom is -0.393 e. The standard InChI is InChI=1S/C14H28N2O/c1-3-4-5-6-7-8-9-13(12(2)17)14-15-10-11-16-14/h12-13,17H,3-11H2,1-2H3,(H,15,16). The molecule has 17 heavy (non-hydrogen) atoms. The number of aliphatic hydroxyl groups excluding tert-OH is 1. The largest absolute Gasteiger partial charge is 0.393 e. The van der Waals surface area contributed by atoms with Crippen molar-refractivity contribution in [3.05, 3.63) is 0 Å². The predicted octanol–water partition coefficient (Wildman–Crippen LogP) is 2.74. The topological polar surface area (TPSA) is 44.6 Å². The fourth-order valence-electron chi connectivity index (χ4n) is 2.42. The van der Waals surface area contributed by atoms with Crippen molar-refractivity contribution >= 4 is 5.84 Å². The number of rotatable bonds is 9. The van der Waals surface area contributed by atoms with Gasteiger partial charge in [-0.1, -0.05) is 45.4 Å². The first-order chi connectivity index (χ1) is 8.25. The minimum atomic E-state index is -0.282. The van der Waals surface area contributed by atoms with Crippen LogP contribution in [-0.4, -0.2) is 30.1 Å². The van der Waals surface area contributed by atoms with Gasteiger partial charge in [0.2, 0.25) is 0 Å². The Morgan fingerprint density at radius 2 is 1.94 bits per heavy atom. The molecule has 0 spiro atoms. The molecule has 0 bridgehead atoms. The summed E-state index contributed by atoms with van der Waals surface area (Å²) in [6.45, 7) is 5.93. The Balaban J connectivity index is 2.17. The van der Waals surface area contributed by atoms with Crippen LogP contribution >= 0.6 is 0 Å². The number of hydrogen-bond donors (Lipinski definition) is 2. The zero-order chi connectivity index (χ0) is 12.5. The van der Waals surface area contributed by atoms with E-state index < -0.39 is 0 Å². The molecule has 0 amide bonds. The van der Waals surface area contributed by atoms with Crippen molar-refractivity contribution in [2.45, 2.75) is 64.9 Å². The van der Waals surface area contributed by atoms with Crippen LogP contribution in [0.5, 0.6) is 0 Å². The monoisotopic (exact) mass is 240 g/mol. The number of aliphatic hydroxyl groups is 1. The van der Waals surface area contributed by atoms with Gasteiger partial charge in [0.25, 0.3) is 0 Å². The van der Waals surface area contributed by atoms with E-state index in [-0.39, 0.29) is 12.0 Å². The van der Waals surface area contributed by atoms with Gasteiger partial charge in [-0.15, -0.1) is 0 Å². The Morgan fingerprint density at radius 3 is 2.53 bits per heavy atom. The van der Waals surface area contributed by atoms with Gasteiger partial charge >= 0.3 is 0 Å². The van der Waals surface area contributed by atoms with Gasteiger partial charge < -0.3 is 10.4 Å². The van der Waals surface area contributed by atoms with Crippen LogP contribution in [0.3, 0.4) is 0 Å². The van der Waals surface area contributed by atoms with E-state index in [1.165, 1.54) is 38.5 Å². The van der Waals surface area contributed by atoms with Gasteiger partial charge in [-0.05, 0) is 13.3 Å². The van der Waals surface area contributed by atoms with Crippen LogP contribution in [0.2, 0.25) is 0 Å². The molecule has 3 nitrogen and oxygen atoms in total. The summed E-state index contributed by atoms with van der Waals surface area (Å²) in [6, 6.07) is 0. The molecule has 0 saturated heterocycles. The molecular formula is C14H28N2O. The molecule has 0 saturated carbocycles. The highest BCUT2D eigenvalue weighted by Crippen LogP contribution is 2.17. The average Bonchev–Trinajstić information content (AvgIpc) is 2.81. The van der Waals surface area contributed by atoms with Crippen LogP contribution in [0, 0.1) is 5.92 Å². The summed E-state index contributed by atoms with van der Waals surface area (Å²) >= 11 is 0. The van der Waals surface area contributed by atoms with Crippen LogP contribution in [0.25, 0.3) is 0 Å². The summed E-state index contributed by atoms with van der Waals surface area (Å²) in [5.41, 5.74) is 0. The quantitative estimate of drug-likeness (QED) is 0.609. The first-order valence-electron chi connectivity index (χ1n) is 7.22. The zero-order valence-corrected chi connectivity index (χ0v) is 11.4. The summed E-state index contributed by atoms with van der Waals surface area (Å²) in [5.74, 6) is 1.26. The number of aliphatic imine (C=N–C) groups is 1. The minimum absolute atomic E-state index is 0.226. The highest BCUT2D eigenvalue weighted by atomic mass is 16.3. The Hall–Kier alpha value is -0.570. The molecular weight excluding hydrogens is 212 g/mol.